The third kappa shape index (κ3) is 2.11. The van der Waals surface area contributed by atoms with Gasteiger partial charge in [0.05, 0.1) is 12.9 Å². The van der Waals surface area contributed by atoms with E-state index >= 15 is 0 Å². The smallest absolute Gasteiger partial charge is 0.167 e. The molecule has 0 aliphatic carbocycles. The molecule has 5 N–H and O–H groups in total. The summed E-state index contributed by atoms with van der Waals surface area (Å²) in [5.41, 5.74) is 6.44. The first kappa shape index (κ1) is 14.9. The van der Waals surface area contributed by atoms with Crippen molar-refractivity contribution in [2.45, 2.75) is 24.5 Å². The standard InChI is InChI=1S/C10H13N5O4.H2S/c11-8-5-9(13-2-12-8)15(3-14-5)10-7(18)6(17)4(1-16)19-10;/h2-4,6-7,10,16-18H,1H2,(H2,11,12,13);1H2/t4-,6-,7-,10-;/m1./s1. The predicted octanol–water partition coefficient (Wildman–Crippen LogP) is -1.87. The average molecular weight is 301 g/mol. The van der Waals surface area contributed by atoms with Gasteiger partial charge in [-0.15, -0.1) is 0 Å². The van der Waals surface area contributed by atoms with Crippen LogP contribution < -0.4 is 5.73 Å². The summed E-state index contributed by atoms with van der Waals surface area (Å²) in [6.07, 6.45) is -1.42. The average Bonchev–Trinajstić information content (AvgIpc) is 2.94. The Morgan fingerprint density at radius 1 is 1.25 bits per heavy atom. The largest absolute Gasteiger partial charge is 0.394 e. The van der Waals surface area contributed by atoms with Crippen molar-refractivity contribution in [2.24, 2.45) is 0 Å². The molecule has 0 amide bonds. The Hall–Kier alpha value is -1.46. The van der Waals surface area contributed by atoms with Gasteiger partial charge in [0.25, 0.3) is 0 Å². The number of fused-ring (bicyclic) bond motifs is 1. The van der Waals surface area contributed by atoms with Crippen molar-refractivity contribution in [2.75, 3.05) is 12.3 Å². The van der Waals surface area contributed by atoms with Crippen LogP contribution in [0.1, 0.15) is 6.23 Å². The molecule has 2 aromatic rings. The summed E-state index contributed by atoms with van der Waals surface area (Å²) in [6, 6.07) is 0. The van der Waals surface area contributed by atoms with Crippen molar-refractivity contribution in [3.05, 3.63) is 12.7 Å². The van der Waals surface area contributed by atoms with E-state index in [0.29, 0.717) is 11.2 Å². The molecule has 1 aliphatic rings. The van der Waals surface area contributed by atoms with Crippen LogP contribution in [0.25, 0.3) is 11.2 Å². The van der Waals surface area contributed by atoms with E-state index in [4.69, 9.17) is 15.6 Å². The van der Waals surface area contributed by atoms with Crippen LogP contribution in [0.3, 0.4) is 0 Å². The zero-order valence-electron chi connectivity index (χ0n) is 10.3. The van der Waals surface area contributed by atoms with Gasteiger partial charge in [-0.25, -0.2) is 15.0 Å². The number of nitrogens with zero attached hydrogens (tertiary/aromatic N) is 4. The number of aliphatic hydroxyl groups excluding tert-OH is 3. The lowest BCUT2D eigenvalue weighted by atomic mass is 10.1. The quantitative estimate of drug-likeness (QED) is 0.506. The van der Waals surface area contributed by atoms with Gasteiger partial charge in [-0.3, -0.25) is 4.57 Å². The number of rotatable bonds is 2. The summed E-state index contributed by atoms with van der Waals surface area (Å²) in [5.74, 6) is 0.218. The molecule has 1 saturated heterocycles. The SMILES string of the molecule is Nc1ncnc2c1ncn2[C@@H]1O[C@H](CO)[C@@H](O)[C@H]1O.S. The minimum atomic E-state index is -1.19. The maximum Gasteiger partial charge on any atom is 0.167 e. The number of hydrogen-bond donors (Lipinski definition) is 4. The second-order valence-corrected chi connectivity index (χ2v) is 4.31. The molecule has 9 nitrogen and oxygen atoms in total. The Labute approximate surface area is 120 Å². The molecule has 1 fully saturated rings. The molecule has 10 heteroatoms. The Bertz CT molecular complexity index is 608. The van der Waals surface area contributed by atoms with E-state index in [0.717, 1.165) is 0 Å². The lowest BCUT2D eigenvalue weighted by Crippen LogP contribution is -2.33. The van der Waals surface area contributed by atoms with Gasteiger partial charge in [0.2, 0.25) is 0 Å². The maximum atomic E-state index is 9.95. The molecule has 1 aliphatic heterocycles. The normalized spacial score (nSPS) is 29.6. The first-order valence-corrected chi connectivity index (χ1v) is 5.69. The summed E-state index contributed by atoms with van der Waals surface area (Å²) in [5, 5.41) is 28.7. The van der Waals surface area contributed by atoms with E-state index in [1.807, 2.05) is 0 Å². The fourth-order valence-electron chi connectivity index (χ4n) is 2.17. The van der Waals surface area contributed by atoms with Crippen molar-refractivity contribution in [1.82, 2.24) is 19.5 Å². The van der Waals surface area contributed by atoms with Gasteiger partial charge in [0, 0.05) is 0 Å². The molecule has 0 spiro atoms. The molecule has 0 unspecified atom stereocenters. The Morgan fingerprint density at radius 3 is 2.65 bits per heavy atom. The highest BCUT2D eigenvalue weighted by Crippen LogP contribution is 2.31. The number of ether oxygens (including phenoxy) is 1. The summed E-state index contributed by atoms with van der Waals surface area (Å²) in [7, 11) is 0. The highest BCUT2D eigenvalue weighted by molar-refractivity contribution is 7.59. The van der Waals surface area contributed by atoms with Crippen molar-refractivity contribution in [3.8, 4) is 0 Å². The molecule has 3 rings (SSSR count). The molecule has 0 saturated carbocycles. The van der Waals surface area contributed by atoms with Gasteiger partial charge < -0.3 is 25.8 Å². The summed E-state index contributed by atoms with van der Waals surface area (Å²) in [4.78, 5) is 11.9. The second-order valence-electron chi connectivity index (χ2n) is 4.31. The van der Waals surface area contributed by atoms with Gasteiger partial charge in [-0.1, -0.05) is 0 Å². The Balaban J connectivity index is 0.00000147. The third-order valence-electron chi connectivity index (χ3n) is 3.18. The number of nitrogen functional groups attached to an aromatic ring is 1. The maximum absolute atomic E-state index is 9.95. The van der Waals surface area contributed by atoms with Crippen LogP contribution in [0, 0.1) is 0 Å². The van der Waals surface area contributed by atoms with E-state index in [1.165, 1.54) is 17.2 Å². The topological polar surface area (TPSA) is 140 Å². The van der Waals surface area contributed by atoms with Crippen LogP contribution in [0.2, 0.25) is 0 Å². The monoisotopic (exact) mass is 301 g/mol. The third-order valence-corrected chi connectivity index (χ3v) is 3.18. The zero-order valence-corrected chi connectivity index (χ0v) is 11.3. The van der Waals surface area contributed by atoms with E-state index in [2.05, 4.69) is 15.0 Å². The highest BCUT2D eigenvalue weighted by atomic mass is 32.1. The van der Waals surface area contributed by atoms with Crippen molar-refractivity contribution < 1.29 is 20.1 Å². The molecule has 20 heavy (non-hydrogen) atoms. The van der Waals surface area contributed by atoms with Crippen LogP contribution in [0.15, 0.2) is 12.7 Å². The number of imidazole rings is 1. The lowest BCUT2D eigenvalue weighted by Gasteiger charge is -2.16. The van der Waals surface area contributed by atoms with Crippen LogP contribution in [-0.4, -0.2) is 59.8 Å². The number of anilines is 1. The molecule has 3 heterocycles. The van der Waals surface area contributed by atoms with Gasteiger partial charge in [0.1, 0.15) is 30.2 Å². The molecule has 0 aromatic carbocycles. The van der Waals surface area contributed by atoms with Crippen LogP contribution in [0.5, 0.6) is 0 Å². The van der Waals surface area contributed by atoms with Gasteiger partial charge in [-0.2, -0.15) is 13.5 Å². The predicted molar refractivity (Wildman–Crippen MR) is 73.1 cm³/mol. The first-order chi connectivity index (χ1) is 9.13. The molecular formula is C10H15N5O4S. The Morgan fingerprint density at radius 2 is 2.00 bits per heavy atom. The van der Waals surface area contributed by atoms with E-state index in [9.17, 15) is 10.2 Å². The first-order valence-electron chi connectivity index (χ1n) is 5.69. The van der Waals surface area contributed by atoms with Crippen LogP contribution in [-0.2, 0) is 4.74 Å². The van der Waals surface area contributed by atoms with Crippen LogP contribution >= 0.6 is 13.5 Å². The molecule has 110 valence electrons. The highest BCUT2D eigenvalue weighted by Gasteiger charge is 2.43. The molecule has 2 aromatic heterocycles. The number of hydrogen-bond acceptors (Lipinski definition) is 8. The molecule has 4 atom stereocenters. The van der Waals surface area contributed by atoms with Crippen molar-refractivity contribution in [1.29, 1.82) is 0 Å². The number of aliphatic hydroxyl groups is 3. The Kier molecular flexibility index (Phi) is 4.11. The minimum absolute atomic E-state index is 0. The van der Waals surface area contributed by atoms with E-state index in [1.54, 1.807) is 0 Å². The molecular weight excluding hydrogens is 286 g/mol. The van der Waals surface area contributed by atoms with Crippen molar-refractivity contribution in [3.63, 3.8) is 0 Å². The van der Waals surface area contributed by atoms with Gasteiger partial charge in [0.15, 0.2) is 17.7 Å². The van der Waals surface area contributed by atoms with Crippen molar-refractivity contribution >= 4 is 30.5 Å². The minimum Gasteiger partial charge on any atom is -0.394 e. The fourth-order valence-corrected chi connectivity index (χ4v) is 2.17. The van der Waals surface area contributed by atoms with Gasteiger partial charge in [-0.05, 0) is 0 Å². The second kappa shape index (κ2) is 5.50. The zero-order chi connectivity index (χ0) is 13.6. The number of nitrogens with two attached hydrogens (primary N) is 1. The number of aromatic nitrogens is 4. The fraction of sp³-hybridized carbons (Fsp3) is 0.500. The molecule has 0 bridgehead atoms. The lowest BCUT2D eigenvalue weighted by molar-refractivity contribution is -0.0511. The molecule has 0 radical (unpaired) electrons. The summed E-state index contributed by atoms with van der Waals surface area (Å²) in [6.45, 7) is -0.390. The van der Waals surface area contributed by atoms with E-state index in [-0.39, 0.29) is 19.3 Å². The van der Waals surface area contributed by atoms with Gasteiger partial charge >= 0.3 is 0 Å². The van der Waals surface area contributed by atoms with Crippen LogP contribution in [0.4, 0.5) is 5.82 Å². The summed E-state index contributed by atoms with van der Waals surface area (Å²) < 4.78 is 6.85. The summed E-state index contributed by atoms with van der Waals surface area (Å²) >= 11 is 0. The van der Waals surface area contributed by atoms with E-state index < -0.39 is 31.1 Å².